The molecule has 1 N–H and O–H groups in total. The fraction of sp³-hybridized carbons (Fsp3) is 0.500. The van der Waals surface area contributed by atoms with Gasteiger partial charge in [0.05, 0.1) is 31.5 Å². The van der Waals surface area contributed by atoms with Crippen LogP contribution in [0.1, 0.15) is 87.4 Å². The molecular weight excluding hydrogens is 616 g/mol. The number of aliphatic hydroxyl groups excluding tert-OH is 1. The first kappa shape index (κ1) is 38.3. The molecule has 0 saturated heterocycles. The molecule has 2 aromatic rings. The van der Waals surface area contributed by atoms with Gasteiger partial charge in [-0.25, -0.2) is 14.4 Å². The Kier molecular flexibility index (Phi) is 17.9. The minimum absolute atomic E-state index is 0.0215. The third kappa shape index (κ3) is 15.2. The number of esters is 3. The van der Waals surface area contributed by atoms with Gasteiger partial charge in [-0.1, -0.05) is 19.6 Å². The van der Waals surface area contributed by atoms with Gasteiger partial charge in [-0.3, -0.25) is 0 Å². The van der Waals surface area contributed by atoms with Crippen molar-refractivity contribution in [1.82, 2.24) is 0 Å². The summed E-state index contributed by atoms with van der Waals surface area (Å²) < 4.78 is 33.0. The Morgan fingerprint density at radius 2 is 1.17 bits per heavy atom. The van der Waals surface area contributed by atoms with Gasteiger partial charge in [0.15, 0.2) is 6.29 Å². The van der Waals surface area contributed by atoms with Gasteiger partial charge >= 0.3 is 17.9 Å². The lowest BCUT2D eigenvalue weighted by atomic mass is 9.87. The van der Waals surface area contributed by atoms with E-state index in [1.54, 1.807) is 48.5 Å². The molecule has 1 fully saturated rings. The average Bonchev–Trinajstić information content (AvgIpc) is 3.11. The van der Waals surface area contributed by atoms with Crippen molar-refractivity contribution in [3.05, 3.63) is 79.4 Å². The Balaban J connectivity index is 1.26. The molecule has 2 aromatic carbocycles. The smallest absolute Gasteiger partial charge is 0.343 e. The van der Waals surface area contributed by atoms with Gasteiger partial charge in [0.25, 0.3) is 0 Å². The number of carbonyl (C=O) groups is 3. The summed E-state index contributed by atoms with van der Waals surface area (Å²) in [5, 5.41) is 10.7. The van der Waals surface area contributed by atoms with Crippen LogP contribution in [-0.2, 0) is 23.8 Å². The van der Waals surface area contributed by atoms with Crippen molar-refractivity contribution in [1.29, 1.82) is 0 Å². The summed E-state index contributed by atoms with van der Waals surface area (Å²) in [5.41, 5.74) is 0.399. The largest absolute Gasteiger partial charge is 0.494 e. The van der Waals surface area contributed by atoms with Crippen molar-refractivity contribution < 1.29 is 47.9 Å². The van der Waals surface area contributed by atoms with Crippen molar-refractivity contribution in [2.45, 2.75) is 89.4 Å². The summed E-state index contributed by atoms with van der Waals surface area (Å²) in [4.78, 5) is 34.7. The van der Waals surface area contributed by atoms with Crippen LogP contribution in [0.2, 0.25) is 0 Å². The van der Waals surface area contributed by atoms with Crippen LogP contribution in [0.4, 0.5) is 0 Å². The van der Waals surface area contributed by atoms with Crippen molar-refractivity contribution in [2.75, 3.05) is 26.4 Å². The molecule has 0 aromatic heterocycles. The number of benzene rings is 2. The lowest BCUT2D eigenvalue weighted by Crippen LogP contribution is -2.32. The molecule has 3 rings (SSSR count). The predicted molar refractivity (Wildman–Crippen MR) is 181 cm³/mol. The van der Waals surface area contributed by atoms with Crippen LogP contribution in [0.15, 0.2) is 73.8 Å². The standard InChI is InChI=1S/C38H50O10/c1-3-35(39)45-27-11-7-5-9-25-43-31-17-13-29(14-18-31)37(41)47-33-21-23-34(24-22-33)48-38(42)30-15-19-32(20-16-30)44-26-10-6-8-12-28-46-36(40)4-2/h3-4,13-14,17-18,21-24,30,32,38,42H,1-2,5-12,15-16,19-20,25-28H2. The second-order valence-electron chi connectivity index (χ2n) is 11.7. The number of ether oxygens (including phenoxy) is 6. The highest BCUT2D eigenvalue weighted by molar-refractivity contribution is 5.91. The quantitative estimate of drug-likeness (QED) is 0.0430. The molecule has 1 unspecified atom stereocenters. The lowest BCUT2D eigenvalue weighted by molar-refractivity contribution is -0.138. The van der Waals surface area contributed by atoms with E-state index in [-0.39, 0.29) is 18.0 Å². The second-order valence-corrected chi connectivity index (χ2v) is 11.7. The summed E-state index contributed by atoms with van der Waals surface area (Å²) in [5.74, 6) is 0.292. The van der Waals surface area contributed by atoms with E-state index in [2.05, 4.69) is 13.2 Å². The third-order valence-corrected chi connectivity index (χ3v) is 8.02. The van der Waals surface area contributed by atoms with Crippen LogP contribution in [-0.4, -0.2) is 61.8 Å². The van der Waals surface area contributed by atoms with Gasteiger partial charge in [0, 0.05) is 24.7 Å². The average molecular weight is 667 g/mol. The Morgan fingerprint density at radius 3 is 1.73 bits per heavy atom. The van der Waals surface area contributed by atoms with E-state index in [0.717, 1.165) is 83.1 Å². The molecule has 1 atom stereocenters. The molecule has 0 spiro atoms. The molecule has 1 aliphatic rings. The summed E-state index contributed by atoms with van der Waals surface area (Å²) in [6.07, 6.45) is 12.4. The highest BCUT2D eigenvalue weighted by Crippen LogP contribution is 2.30. The lowest BCUT2D eigenvalue weighted by Gasteiger charge is -2.31. The van der Waals surface area contributed by atoms with Crippen LogP contribution in [0.5, 0.6) is 17.2 Å². The molecule has 1 saturated carbocycles. The molecule has 0 bridgehead atoms. The fourth-order valence-electron chi connectivity index (χ4n) is 5.23. The van der Waals surface area contributed by atoms with E-state index >= 15 is 0 Å². The molecule has 0 radical (unpaired) electrons. The number of rotatable bonds is 23. The Bertz CT molecular complexity index is 1250. The van der Waals surface area contributed by atoms with E-state index in [4.69, 9.17) is 28.4 Å². The molecular formula is C38H50O10. The minimum Gasteiger partial charge on any atom is -0.494 e. The summed E-state index contributed by atoms with van der Waals surface area (Å²) >= 11 is 0. The number of hydrogen-bond donors (Lipinski definition) is 1. The van der Waals surface area contributed by atoms with Gasteiger partial charge in [0.1, 0.15) is 17.2 Å². The number of aliphatic hydroxyl groups is 1. The van der Waals surface area contributed by atoms with Crippen molar-refractivity contribution in [3.8, 4) is 17.2 Å². The predicted octanol–water partition coefficient (Wildman–Crippen LogP) is 7.14. The molecule has 48 heavy (non-hydrogen) atoms. The van der Waals surface area contributed by atoms with Gasteiger partial charge < -0.3 is 33.5 Å². The van der Waals surface area contributed by atoms with Crippen LogP contribution < -0.4 is 14.2 Å². The number of hydrogen-bond acceptors (Lipinski definition) is 10. The highest BCUT2D eigenvalue weighted by Gasteiger charge is 2.28. The Hall–Kier alpha value is -4.15. The first-order valence-corrected chi connectivity index (χ1v) is 17.0. The maximum Gasteiger partial charge on any atom is 0.343 e. The zero-order valence-corrected chi connectivity index (χ0v) is 27.9. The molecule has 1 aliphatic carbocycles. The molecule has 0 heterocycles. The zero-order chi connectivity index (χ0) is 34.4. The minimum atomic E-state index is -0.927. The third-order valence-electron chi connectivity index (χ3n) is 8.02. The normalized spacial score (nSPS) is 16.3. The van der Waals surface area contributed by atoms with Crippen LogP contribution in [0, 0.1) is 5.92 Å². The molecule has 10 heteroatoms. The maximum atomic E-state index is 12.6. The summed E-state index contributed by atoms with van der Waals surface area (Å²) in [7, 11) is 0. The van der Waals surface area contributed by atoms with E-state index < -0.39 is 18.2 Å². The Morgan fingerprint density at radius 1 is 0.667 bits per heavy atom. The van der Waals surface area contributed by atoms with Crippen molar-refractivity contribution in [3.63, 3.8) is 0 Å². The molecule has 0 aliphatic heterocycles. The number of unbranched alkanes of at least 4 members (excludes halogenated alkanes) is 6. The van der Waals surface area contributed by atoms with E-state index in [1.165, 1.54) is 6.08 Å². The van der Waals surface area contributed by atoms with E-state index in [9.17, 15) is 19.5 Å². The first-order valence-electron chi connectivity index (χ1n) is 17.0. The molecule has 10 nitrogen and oxygen atoms in total. The van der Waals surface area contributed by atoms with Gasteiger partial charge in [-0.2, -0.15) is 0 Å². The van der Waals surface area contributed by atoms with Crippen LogP contribution in [0.3, 0.4) is 0 Å². The van der Waals surface area contributed by atoms with Gasteiger partial charge in [-0.05, 0) is 119 Å². The van der Waals surface area contributed by atoms with Crippen LogP contribution in [0.25, 0.3) is 0 Å². The van der Waals surface area contributed by atoms with Gasteiger partial charge in [0.2, 0.25) is 0 Å². The first-order chi connectivity index (χ1) is 23.4. The SMILES string of the molecule is C=CC(=O)OCCCCCCOc1ccc(C(=O)Oc2ccc(OC(O)C3CCC(OCCCCCCOC(=O)C=C)CC3)cc2)cc1. The van der Waals surface area contributed by atoms with Crippen LogP contribution >= 0.6 is 0 Å². The summed E-state index contributed by atoms with van der Waals surface area (Å²) in [6.45, 7) is 8.82. The highest BCUT2D eigenvalue weighted by atomic mass is 16.6. The molecule has 0 amide bonds. The summed E-state index contributed by atoms with van der Waals surface area (Å²) in [6, 6.07) is 13.4. The van der Waals surface area contributed by atoms with E-state index in [1.807, 2.05) is 0 Å². The number of carbonyl (C=O) groups excluding carboxylic acids is 3. The topological polar surface area (TPSA) is 127 Å². The Labute approximate surface area is 284 Å². The van der Waals surface area contributed by atoms with Crippen molar-refractivity contribution in [2.24, 2.45) is 5.92 Å². The fourth-order valence-corrected chi connectivity index (χ4v) is 5.23. The van der Waals surface area contributed by atoms with Gasteiger partial charge in [-0.15, -0.1) is 0 Å². The van der Waals surface area contributed by atoms with Crippen molar-refractivity contribution >= 4 is 17.9 Å². The monoisotopic (exact) mass is 666 g/mol. The second kappa shape index (κ2) is 22.4. The van der Waals surface area contributed by atoms with E-state index in [0.29, 0.717) is 49.2 Å². The molecule has 262 valence electrons. The maximum absolute atomic E-state index is 12.6. The zero-order valence-electron chi connectivity index (χ0n) is 27.9.